The Bertz CT molecular complexity index is 986. The smallest absolute Gasteiger partial charge is 0.275 e. The van der Waals surface area contributed by atoms with E-state index in [0.29, 0.717) is 25.2 Å². The molecule has 0 bridgehead atoms. The third-order valence-corrected chi connectivity index (χ3v) is 5.32. The maximum Gasteiger partial charge on any atom is 0.275 e. The van der Waals surface area contributed by atoms with Gasteiger partial charge in [0.2, 0.25) is 5.91 Å². The van der Waals surface area contributed by atoms with Crippen LogP contribution in [0, 0.1) is 0 Å². The third kappa shape index (κ3) is 6.13. The Labute approximate surface area is 204 Å². The SMILES string of the molecule is CC.CC1(C)C(=O)NCCCN1C(=O)c1cc(-c2ccccc2)n(-c2ccccc2)n1.CCC. The number of carbonyl (C=O) groups is 2. The molecule has 0 radical (unpaired) electrons. The Balaban J connectivity index is 0.000000758. The maximum absolute atomic E-state index is 13.4. The Kier molecular flexibility index (Phi) is 10.0. The molecule has 0 aliphatic carbocycles. The Morgan fingerprint density at radius 2 is 1.56 bits per heavy atom. The first-order valence-corrected chi connectivity index (χ1v) is 12.2. The van der Waals surface area contributed by atoms with E-state index in [1.807, 2.05) is 80.6 Å². The van der Waals surface area contributed by atoms with Gasteiger partial charge in [-0.25, -0.2) is 4.68 Å². The van der Waals surface area contributed by atoms with Gasteiger partial charge in [-0.3, -0.25) is 9.59 Å². The summed E-state index contributed by atoms with van der Waals surface area (Å²) in [6.07, 6.45) is 1.96. The predicted octanol–water partition coefficient (Wildman–Crippen LogP) is 5.72. The molecule has 0 saturated carbocycles. The molecule has 6 nitrogen and oxygen atoms in total. The van der Waals surface area contributed by atoms with Gasteiger partial charge in [-0.05, 0) is 38.5 Å². The van der Waals surface area contributed by atoms with Crippen LogP contribution in [0.25, 0.3) is 16.9 Å². The molecule has 2 heterocycles. The summed E-state index contributed by atoms with van der Waals surface area (Å²) in [5.41, 5.74) is 2.07. The van der Waals surface area contributed by atoms with E-state index in [4.69, 9.17) is 0 Å². The number of nitrogens with zero attached hydrogens (tertiary/aromatic N) is 3. The molecule has 4 rings (SSSR count). The first-order chi connectivity index (χ1) is 16.4. The van der Waals surface area contributed by atoms with Gasteiger partial charge in [0.15, 0.2) is 5.69 Å². The van der Waals surface area contributed by atoms with Gasteiger partial charge in [-0.2, -0.15) is 5.10 Å². The average molecular weight is 463 g/mol. The van der Waals surface area contributed by atoms with E-state index in [2.05, 4.69) is 24.3 Å². The lowest BCUT2D eigenvalue weighted by atomic mass is 10.0. The zero-order valence-corrected chi connectivity index (χ0v) is 21.3. The van der Waals surface area contributed by atoms with Gasteiger partial charge >= 0.3 is 0 Å². The molecular weight excluding hydrogens is 424 g/mol. The summed E-state index contributed by atoms with van der Waals surface area (Å²) in [6.45, 7) is 12.9. The summed E-state index contributed by atoms with van der Waals surface area (Å²) in [4.78, 5) is 27.5. The summed E-state index contributed by atoms with van der Waals surface area (Å²) in [5.74, 6) is -0.381. The van der Waals surface area contributed by atoms with Gasteiger partial charge in [0.25, 0.3) is 5.91 Å². The van der Waals surface area contributed by atoms with Crippen molar-refractivity contribution in [2.45, 2.75) is 59.9 Å². The molecule has 34 heavy (non-hydrogen) atoms. The van der Waals surface area contributed by atoms with Crippen LogP contribution in [-0.2, 0) is 4.79 Å². The number of rotatable bonds is 3. The highest BCUT2D eigenvalue weighted by Crippen LogP contribution is 2.26. The highest BCUT2D eigenvalue weighted by atomic mass is 16.2. The topological polar surface area (TPSA) is 67.2 Å². The van der Waals surface area contributed by atoms with Crippen molar-refractivity contribution >= 4 is 11.8 Å². The lowest BCUT2D eigenvalue weighted by molar-refractivity contribution is -0.129. The second-order valence-corrected chi connectivity index (χ2v) is 8.36. The quantitative estimate of drug-likeness (QED) is 0.541. The number of benzene rings is 2. The van der Waals surface area contributed by atoms with Gasteiger partial charge in [0.05, 0.1) is 11.4 Å². The van der Waals surface area contributed by atoms with E-state index in [-0.39, 0.29) is 11.8 Å². The number of hydrogen-bond donors (Lipinski definition) is 1. The first-order valence-electron chi connectivity index (χ1n) is 12.2. The van der Waals surface area contributed by atoms with Crippen LogP contribution in [0.1, 0.15) is 64.9 Å². The molecule has 1 saturated heterocycles. The summed E-state index contributed by atoms with van der Waals surface area (Å²) in [5, 5.41) is 7.53. The molecule has 0 unspecified atom stereocenters. The summed E-state index contributed by atoms with van der Waals surface area (Å²) >= 11 is 0. The molecule has 182 valence electrons. The number of para-hydroxylation sites is 1. The van der Waals surface area contributed by atoms with Crippen LogP contribution >= 0.6 is 0 Å². The van der Waals surface area contributed by atoms with Crippen LogP contribution in [0.2, 0.25) is 0 Å². The monoisotopic (exact) mass is 462 g/mol. The average Bonchev–Trinajstić information content (AvgIpc) is 3.26. The fourth-order valence-corrected chi connectivity index (χ4v) is 3.62. The van der Waals surface area contributed by atoms with Gasteiger partial charge < -0.3 is 10.2 Å². The van der Waals surface area contributed by atoms with E-state index < -0.39 is 5.54 Å². The van der Waals surface area contributed by atoms with Crippen LogP contribution in [0.3, 0.4) is 0 Å². The Morgan fingerprint density at radius 3 is 2.15 bits per heavy atom. The second-order valence-electron chi connectivity index (χ2n) is 8.36. The number of carbonyl (C=O) groups excluding carboxylic acids is 2. The third-order valence-electron chi connectivity index (χ3n) is 5.32. The number of nitrogens with one attached hydrogen (secondary N) is 1. The fraction of sp³-hybridized carbons (Fsp3) is 0.393. The fourth-order valence-electron chi connectivity index (χ4n) is 3.62. The van der Waals surface area contributed by atoms with Crippen molar-refractivity contribution in [3.05, 3.63) is 72.4 Å². The van der Waals surface area contributed by atoms with E-state index >= 15 is 0 Å². The van der Waals surface area contributed by atoms with Crippen LogP contribution in [0.4, 0.5) is 0 Å². The predicted molar refractivity (Wildman–Crippen MR) is 139 cm³/mol. The molecule has 0 atom stereocenters. The zero-order valence-electron chi connectivity index (χ0n) is 21.3. The van der Waals surface area contributed by atoms with Crippen molar-refractivity contribution in [3.63, 3.8) is 0 Å². The van der Waals surface area contributed by atoms with E-state index in [0.717, 1.165) is 16.9 Å². The zero-order chi connectivity index (χ0) is 25.1. The van der Waals surface area contributed by atoms with Gasteiger partial charge in [-0.1, -0.05) is 82.6 Å². The molecule has 2 amide bonds. The van der Waals surface area contributed by atoms with Crippen molar-refractivity contribution in [1.29, 1.82) is 0 Å². The van der Waals surface area contributed by atoms with Crippen LogP contribution in [0.5, 0.6) is 0 Å². The first kappa shape index (κ1) is 26.8. The lowest BCUT2D eigenvalue weighted by Crippen LogP contribution is -2.55. The van der Waals surface area contributed by atoms with Crippen molar-refractivity contribution in [2.24, 2.45) is 0 Å². The van der Waals surface area contributed by atoms with E-state index in [1.165, 1.54) is 6.42 Å². The maximum atomic E-state index is 13.4. The molecule has 0 spiro atoms. The summed E-state index contributed by atoms with van der Waals surface area (Å²) in [6, 6.07) is 21.4. The van der Waals surface area contributed by atoms with Crippen molar-refractivity contribution in [3.8, 4) is 16.9 Å². The molecule has 1 fully saturated rings. The number of amides is 2. The standard InChI is InChI=1S/C23H24N4O2.C3H8.C2H6/c1-23(2)22(29)24-14-9-15-26(23)21(28)19-16-20(17-10-5-3-6-11-17)27(25-19)18-12-7-4-8-13-18;1-3-2;1-2/h3-8,10-13,16H,9,14-15H2,1-2H3,(H,24,29);3H2,1-2H3;1-2H3. The number of hydrogen-bond acceptors (Lipinski definition) is 3. The summed E-state index contributed by atoms with van der Waals surface area (Å²) in [7, 11) is 0. The van der Waals surface area contributed by atoms with Crippen LogP contribution in [0.15, 0.2) is 66.7 Å². The molecular formula is C28H38N4O2. The molecule has 1 N–H and O–H groups in total. The molecule has 2 aromatic carbocycles. The van der Waals surface area contributed by atoms with Gasteiger partial charge in [-0.15, -0.1) is 0 Å². The van der Waals surface area contributed by atoms with Crippen molar-refractivity contribution < 1.29 is 9.59 Å². The minimum atomic E-state index is -0.934. The van der Waals surface area contributed by atoms with E-state index in [1.54, 1.807) is 23.4 Å². The Hall–Kier alpha value is -3.41. The highest BCUT2D eigenvalue weighted by molar-refractivity contribution is 5.98. The van der Waals surface area contributed by atoms with Gasteiger partial charge in [0, 0.05) is 18.7 Å². The normalized spacial score (nSPS) is 14.5. The molecule has 1 aliphatic rings. The number of aromatic nitrogens is 2. The Morgan fingerprint density at radius 1 is 1.00 bits per heavy atom. The largest absolute Gasteiger partial charge is 0.354 e. The van der Waals surface area contributed by atoms with Crippen LogP contribution in [-0.4, -0.2) is 45.1 Å². The van der Waals surface area contributed by atoms with Crippen molar-refractivity contribution in [2.75, 3.05) is 13.1 Å². The second kappa shape index (κ2) is 12.7. The van der Waals surface area contributed by atoms with Gasteiger partial charge in [0.1, 0.15) is 5.54 Å². The molecule has 6 heteroatoms. The minimum absolute atomic E-state index is 0.144. The molecule has 3 aromatic rings. The van der Waals surface area contributed by atoms with Crippen LogP contribution < -0.4 is 5.32 Å². The minimum Gasteiger partial charge on any atom is -0.354 e. The van der Waals surface area contributed by atoms with Crippen molar-refractivity contribution in [1.82, 2.24) is 20.0 Å². The lowest BCUT2D eigenvalue weighted by Gasteiger charge is -2.34. The van der Waals surface area contributed by atoms with E-state index in [9.17, 15) is 9.59 Å². The summed E-state index contributed by atoms with van der Waals surface area (Å²) < 4.78 is 1.79. The molecule has 1 aliphatic heterocycles. The molecule has 1 aromatic heterocycles. The highest BCUT2D eigenvalue weighted by Gasteiger charge is 2.40.